The maximum atomic E-state index is 14.3. The van der Waals surface area contributed by atoms with Crippen molar-refractivity contribution in [3.8, 4) is 0 Å². The average Bonchev–Trinajstić information content (AvgIpc) is 3.35. The Morgan fingerprint density at radius 3 is 2.20 bits per heavy atom. The average molecular weight is 715 g/mol. The number of nitrogens with one attached hydrogen (secondary N) is 1. The van der Waals surface area contributed by atoms with E-state index in [2.05, 4.69) is 12.2 Å². The van der Waals surface area contributed by atoms with Gasteiger partial charge in [0.05, 0.1) is 59.8 Å². The van der Waals surface area contributed by atoms with Gasteiger partial charge in [-0.3, -0.25) is 4.79 Å². The van der Waals surface area contributed by atoms with Crippen molar-refractivity contribution in [3.63, 3.8) is 0 Å². The molecule has 50 heavy (non-hydrogen) atoms. The summed E-state index contributed by atoms with van der Waals surface area (Å²) in [4.78, 5) is 16.3. The number of rotatable bonds is 8. The lowest BCUT2D eigenvalue weighted by Crippen LogP contribution is -2.61. The Morgan fingerprint density at radius 2 is 1.60 bits per heavy atom. The van der Waals surface area contributed by atoms with Crippen molar-refractivity contribution in [1.29, 1.82) is 0 Å². The lowest BCUT2D eigenvalue weighted by molar-refractivity contribution is -0.311. The van der Waals surface area contributed by atoms with Crippen molar-refractivity contribution in [2.45, 2.75) is 192 Å². The fraction of sp³-hybridized carbons (Fsp3) is 0.974. The summed E-state index contributed by atoms with van der Waals surface area (Å²) in [7, 11) is 5.57. The van der Waals surface area contributed by atoms with Crippen LogP contribution < -0.4 is 5.32 Å². The molecular formula is C38H70N2O10. The van der Waals surface area contributed by atoms with Crippen LogP contribution in [0.15, 0.2) is 0 Å². The number of hydrogen-bond acceptors (Lipinski definition) is 11. The smallest absolute Gasteiger partial charge is 0.225 e. The summed E-state index contributed by atoms with van der Waals surface area (Å²) in [5.41, 5.74) is -3.05. The van der Waals surface area contributed by atoms with Crippen molar-refractivity contribution in [2.24, 2.45) is 23.7 Å². The zero-order valence-corrected chi connectivity index (χ0v) is 33.0. The van der Waals surface area contributed by atoms with Gasteiger partial charge >= 0.3 is 0 Å². The predicted molar refractivity (Wildman–Crippen MR) is 189 cm³/mol. The summed E-state index contributed by atoms with van der Waals surface area (Å²) in [6.45, 7) is 19.4. The van der Waals surface area contributed by atoms with Gasteiger partial charge in [-0.25, -0.2) is 0 Å². The quantitative estimate of drug-likeness (QED) is 0.292. The van der Waals surface area contributed by atoms with E-state index in [1.165, 1.54) is 0 Å². The van der Waals surface area contributed by atoms with Crippen LogP contribution in [0.4, 0.5) is 0 Å². The first-order chi connectivity index (χ1) is 23.2. The molecule has 4 fully saturated rings. The van der Waals surface area contributed by atoms with Gasteiger partial charge in [0.1, 0.15) is 11.7 Å². The molecule has 292 valence electrons. The van der Waals surface area contributed by atoms with Gasteiger partial charge in [-0.05, 0) is 73.9 Å². The van der Waals surface area contributed by atoms with Crippen LogP contribution in [0.5, 0.6) is 0 Å². The lowest BCUT2D eigenvalue weighted by Gasteiger charge is -2.48. The van der Waals surface area contributed by atoms with Crippen LogP contribution in [0, 0.1) is 23.7 Å². The van der Waals surface area contributed by atoms with Crippen LogP contribution in [-0.4, -0.2) is 132 Å². The fourth-order valence-corrected chi connectivity index (χ4v) is 9.52. The lowest BCUT2D eigenvalue weighted by atomic mass is 9.75. The molecule has 18 atom stereocenters. The molecule has 0 spiro atoms. The zero-order chi connectivity index (χ0) is 37.5. The molecule has 5 unspecified atom stereocenters. The van der Waals surface area contributed by atoms with Crippen molar-refractivity contribution >= 4 is 5.91 Å². The second-order valence-electron chi connectivity index (χ2n) is 17.3. The molecule has 0 saturated carbocycles. The Morgan fingerprint density at radius 1 is 0.940 bits per heavy atom. The van der Waals surface area contributed by atoms with Gasteiger partial charge in [-0.1, -0.05) is 41.0 Å². The third kappa shape index (κ3) is 8.71. The van der Waals surface area contributed by atoms with Gasteiger partial charge < -0.3 is 54.0 Å². The number of carbonyl (C=O) groups excluding carboxylic acids is 1. The highest BCUT2D eigenvalue weighted by Crippen LogP contribution is 2.47. The van der Waals surface area contributed by atoms with E-state index in [1.807, 2.05) is 74.4 Å². The second kappa shape index (κ2) is 16.2. The fourth-order valence-electron chi connectivity index (χ4n) is 9.52. The molecule has 12 nitrogen and oxygen atoms in total. The standard InChI is InChI=1S/C38H70N2O10/c1-14-15-27-38(10,44)32(42)23(5)30-20(2)17-37(9,50-30)33(49-35-29(41)26(40(11)12)16-21(3)47-35)24(6)31(25(7)34(43)39-27)48-28-19-36(8,45-13)18-22(4)46-28/h20-33,35,41-42,44H,14-19H2,1-13H3,(H,39,43)/t20?,21-,22+,23-,24+,25-,26+,27?,28?,29-,30?,31+,32-,33-,35?,36+,37-,38-/m1/s1. The Balaban J connectivity index is 1.83. The molecule has 0 aromatic heterocycles. The summed E-state index contributed by atoms with van der Waals surface area (Å²) in [6, 6.07) is -0.906. The van der Waals surface area contributed by atoms with Crippen LogP contribution >= 0.6 is 0 Å². The highest BCUT2D eigenvalue weighted by Gasteiger charge is 2.57. The predicted octanol–water partition coefficient (Wildman–Crippen LogP) is 3.62. The third-order valence-electron chi connectivity index (χ3n) is 12.5. The molecule has 4 N–H and O–H groups in total. The SMILES string of the molecule is CCCC1NC(=O)[C@H](C)[C@@H](OC2C[C@@](C)(OC)C[C@H](C)O2)[C@H](C)[C@@H](OC2O[C@H](C)C[C@H](N(C)C)[C@H]2O)[C@@]2(C)CC(C)C(O2)[C@@H](C)[C@@H](O)[C@]1(C)O. The minimum absolute atomic E-state index is 0.00622. The number of nitrogens with zero attached hydrogens (tertiary/aromatic N) is 1. The van der Waals surface area contributed by atoms with E-state index in [0.717, 1.165) is 0 Å². The molecule has 4 rings (SSSR count). The van der Waals surface area contributed by atoms with Crippen molar-refractivity contribution in [2.75, 3.05) is 21.2 Å². The number of carbonyl (C=O) groups is 1. The van der Waals surface area contributed by atoms with E-state index < -0.39 is 83.7 Å². The number of ether oxygens (including phenoxy) is 6. The van der Waals surface area contributed by atoms with E-state index in [-0.39, 0.29) is 30.1 Å². The molecule has 2 bridgehead atoms. The molecule has 0 radical (unpaired) electrons. The van der Waals surface area contributed by atoms with E-state index >= 15 is 0 Å². The maximum absolute atomic E-state index is 14.3. The van der Waals surface area contributed by atoms with Crippen molar-refractivity contribution in [3.05, 3.63) is 0 Å². The number of hydrogen-bond donors (Lipinski definition) is 4. The molecule has 4 saturated heterocycles. The Labute approximate surface area is 301 Å². The van der Waals surface area contributed by atoms with E-state index in [9.17, 15) is 20.1 Å². The van der Waals surface area contributed by atoms with Gasteiger partial charge in [-0.15, -0.1) is 0 Å². The first kappa shape index (κ1) is 41.8. The minimum atomic E-state index is -1.64. The van der Waals surface area contributed by atoms with Gasteiger partial charge in [0.25, 0.3) is 0 Å². The first-order valence-corrected chi connectivity index (χ1v) is 19.1. The van der Waals surface area contributed by atoms with Crippen LogP contribution in [0.1, 0.15) is 108 Å². The topological polar surface area (TPSA) is 148 Å². The summed E-state index contributed by atoms with van der Waals surface area (Å²) in [6.07, 6.45) is -2.40. The molecule has 0 aromatic carbocycles. The largest absolute Gasteiger partial charge is 0.390 e. The molecule has 0 aliphatic carbocycles. The van der Waals surface area contributed by atoms with E-state index in [0.29, 0.717) is 38.5 Å². The maximum Gasteiger partial charge on any atom is 0.225 e. The summed E-state index contributed by atoms with van der Waals surface area (Å²) in [5, 5.41) is 38.5. The summed E-state index contributed by atoms with van der Waals surface area (Å²) >= 11 is 0. The van der Waals surface area contributed by atoms with Gasteiger partial charge in [0, 0.05) is 37.8 Å². The van der Waals surface area contributed by atoms with E-state index in [1.54, 1.807) is 14.0 Å². The highest BCUT2D eigenvalue weighted by molar-refractivity contribution is 5.79. The van der Waals surface area contributed by atoms with Crippen LogP contribution in [0.2, 0.25) is 0 Å². The number of aliphatic hydroxyl groups excluding tert-OH is 2. The third-order valence-corrected chi connectivity index (χ3v) is 12.5. The second-order valence-corrected chi connectivity index (χ2v) is 17.3. The Hall–Kier alpha value is -0.930. The highest BCUT2D eigenvalue weighted by atomic mass is 16.7. The Bertz CT molecular complexity index is 1130. The van der Waals surface area contributed by atoms with Crippen LogP contribution in [0.3, 0.4) is 0 Å². The number of methoxy groups -OCH3 is 1. The number of amides is 1. The van der Waals surface area contributed by atoms with Crippen LogP contribution in [-0.2, 0) is 33.2 Å². The minimum Gasteiger partial charge on any atom is -0.390 e. The van der Waals surface area contributed by atoms with E-state index in [4.69, 9.17) is 28.4 Å². The van der Waals surface area contributed by atoms with Gasteiger partial charge in [0.15, 0.2) is 12.6 Å². The Kier molecular flexibility index (Phi) is 13.6. The van der Waals surface area contributed by atoms with Gasteiger partial charge in [-0.2, -0.15) is 0 Å². The molecule has 0 aromatic rings. The number of likely N-dealkylation sites (N-methyl/N-ethyl adjacent to an activating group) is 1. The van der Waals surface area contributed by atoms with Crippen molar-refractivity contribution in [1.82, 2.24) is 10.2 Å². The first-order valence-electron chi connectivity index (χ1n) is 19.1. The molecule has 12 heteroatoms. The zero-order valence-electron chi connectivity index (χ0n) is 33.0. The summed E-state index contributed by atoms with van der Waals surface area (Å²) in [5.74, 6) is -2.00. The normalized spacial score (nSPS) is 51.1. The summed E-state index contributed by atoms with van der Waals surface area (Å²) < 4.78 is 39.4. The van der Waals surface area contributed by atoms with Crippen molar-refractivity contribution < 1.29 is 48.5 Å². The molecule has 4 aliphatic heterocycles. The van der Waals surface area contributed by atoms with Crippen LogP contribution in [0.25, 0.3) is 0 Å². The number of fused-ring (bicyclic) bond motifs is 2. The molecule has 1 amide bonds. The number of aliphatic hydroxyl groups is 3. The molecular weight excluding hydrogens is 644 g/mol. The monoisotopic (exact) mass is 715 g/mol. The molecule has 4 aliphatic rings. The van der Waals surface area contributed by atoms with Gasteiger partial charge in [0.2, 0.25) is 5.91 Å². The molecule has 4 heterocycles.